The fourth-order valence-electron chi connectivity index (χ4n) is 4.39. The largest absolute Gasteiger partial charge is 0.497 e. The van der Waals surface area contributed by atoms with E-state index in [1.165, 1.54) is 24.8 Å². The van der Waals surface area contributed by atoms with Gasteiger partial charge in [0.25, 0.3) is 0 Å². The van der Waals surface area contributed by atoms with Crippen LogP contribution in [0.25, 0.3) is 0 Å². The highest BCUT2D eigenvalue weighted by molar-refractivity contribution is 5.32. The van der Waals surface area contributed by atoms with E-state index in [1.807, 2.05) is 36.7 Å². The third kappa shape index (κ3) is 3.54. The van der Waals surface area contributed by atoms with Gasteiger partial charge in [0.2, 0.25) is 0 Å². The fourth-order valence-corrected chi connectivity index (χ4v) is 4.39. The lowest BCUT2D eigenvalue weighted by atomic mass is 9.99. The summed E-state index contributed by atoms with van der Waals surface area (Å²) < 4.78 is 11.4. The molecular weight excluding hydrogens is 326 g/mol. The van der Waals surface area contributed by atoms with Gasteiger partial charge in [0.1, 0.15) is 23.9 Å². The summed E-state index contributed by atoms with van der Waals surface area (Å²) in [6.07, 6.45) is 8.76. The van der Waals surface area contributed by atoms with Crippen LogP contribution < -0.4 is 9.47 Å². The summed E-state index contributed by atoms with van der Waals surface area (Å²) in [5, 5.41) is 0. The average Bonchev–Trinajstić information content (AvgIpc) is 3.29. The van der Waals surface area contributed by atoms with Crippen molar-refractivity contribution in [3.8, 4) is 11.5 Å². The van der Waals surface area contributed by atoms with Crippen LogP contribution in [0.4, 0.5) is 0 Å². The third-order valence-electron chi connectivity index (χ3n) is 5.79. The van der Waals surface area contributed by atoms with E-state index in [1.54, 1.807) is 7.11 Å². The van der Waals surface area contributed by atoms with Gasteiger partial charge in [-0.3, -0.25) is 4.90 Å². The van der Waals surface area contributed by atoms with Crippen molar-refractivity contribution >= 4 is 0 Å². The van der Waals surface area contributed by atoms with Crippen molar-refractivity contribution in [3.63, 3.8) is 0 Å². The lowest BCUT2D eigenvalue weighted by molar-refractivity contribution is 0.0864. The number of hydrogen-bond donors (Lipinski definition) is 0. The molecule has 1 saturated carbocycles. The van der Waals surface area contributed by atoms with Crippen LogP contribution in [-0.2, 0) is 13.0 Å². The third-order valence-corrected chi connectivity index (χ3v) is 5.79. The van der Waals surface area contributed by atoms with Crippen LogP contribution in [0.1, 0.15) is 37.6 Å². The maximum atomic E-state index is 6.14. The molecule has 2 aromatic rings. The number of fused-ring (bicyclic) bond motifs is 2. The molecular formula is C21H27N3O2. The van der Waals surface area contributed by atoms with E-state index < -0.39 is 0 Å². The second-order valence-corrected chi connectivity index (χ2v) is 7.32. The maximum Gasteiger partial charge on any atom is 0.127 e. The molecule has 5 nitrogen and oxygen atoms in total. The quantitative estimate of drug-likeness (QED) is 0.763. The highest BCUT2D eigenvalue weighted by Crippen LogP contribution is 2.43. The van der Waals surface area contributed by atoms with Crippen LogP contribution in [0.3, 0.4) is 0 Å². The number of hydrogen-bond acceptors (Lipinski definition) is 5. The summed E-state index contributed by atoms with van der Waals surface area (Å²) in [4.78, 5) is 11.5. The predicted octanol–water partition coefficient (Wildman–Crippen LogP) is 3.48. The number of piperidine rings is 1. The van der Waals surface area contributed by atoms with E-state index in [4.69, 9.17) is 9.47 Å². The molecule has 0 radical (unpaired) electrons. The minimum Gasteiger partial charge on any atom is -0.497 e. The molecule has 4 rings (SSSR count). The van der Waals surface area contributed by atoms with Crippen molar-refractivity contribution in [2.75, 3.05) is 13.7 Å². The standard InChI is InChI=1S/C21H27N3O2/c1-3-21-22-11-15(12-23-21)13-24-17-8-7-16(9-17)20(24)14-26-19-6-4-5-18(10-19)25-2/h4-6,10-12,16-17,20H,3,7-9,13-14H2,1-2H3/t16-,17+,20-/m0/s1. The summed E-state index contributed by atoms with van der Waals surface area (Å²) in [5.74, 6) is 3.36. The van der Waals surface area contributed by atoms with Crippen LogP contribution >= 0.6 is 0 Å². The van der Waals surface area contributed by atoms with Crippen molar-refractivity contribution in [2.45, 2.75) is 51.2 Å². The summed E-state index contributed by atoms with van der Waals surface area (Å²) in [6.45, 7) is 3.72. The van der Waals surface area contributed by atoms with E-state index in [0.717, 1.165) is 42.8 Å². The first kappa shape index (κ1) is 17.3. The maximum absolute atomic E-state index is 6.14. The van der Waals surface area contributed by atoms with Crippen LogP contribution in [0.2, 0.25) is 0 Å². The summed E-state index contributed by atoms with van der Waals surface area (Å²) in [6, 6.07) is 9.00. The molecule has 0 N–H and O–H groups in total. The second kappa shape index (κ2) is 7.62. The van der Waals surface area contributed by atoms with Gasteiger partial charge in [-0.2, -0.15) is 0 Å². The minimum absolute atomic E-state index is 0.464. The zero-order valence-electron chi connectivity index (χ0n) is 15.6. The van der Waals surface area contributed by atoms with Crippen LogP contribution in [0, 0.1) is 5.92 Å². The molecule has 0 unspecified atom stereocenters. The Kier molecular flexibility index (Phi) is 5.07. The summed E-state index contributed by atoms with van der Waals surface area (Å²) in [5.41, 5.74) is 1.20. The number of nitrogens with zero attached hydrogens (tertiary/aromatic N) is 3. The Morgan fingerprint density at radius 3 is 2.73 bits per heavy atom. The number of aromatic nitrogens is 2. The van der Waals surface area contributed by atoms with E-state index in [2.05, 4.69) is 21.8 Å². The monoisotopic (exact) mass is 353 g/mol. The van der Waals surface area contributed by atoms with Crippen molar-refractivity contribution in [1.29, 1.82) is 0 Å². The molecule has 3 atom stereocenters. The van der Waals surface area contributed by atoms with E-state index >= 15 is 0 Å². The Bertz CT molecular complexity index is 734. The molecule has 0 spiro atoms. The number of rotatable bonds is 7. The summed E-state index contributed by atoms with van der Waals surface area (Å²) >= 11 is 0. The van der Waals surface area contributed by atoms with Gasteiger partial charge in [-0.05, 0) is 37.3 Å². The molecule has 26 heavy (non-hydrogen) atoms. The van der Waals surface area contributed by atoms with Crippen molar-refractivity contribution < 1.29 is 9.47 Å². The molecule has 1 aromatic carbocycles. The van der Waals surface area contributed by atoms with Gasteiger partial charge >= 0.3 is 0 Å². The minimum atomic E-state index is 0.464. The lowest BCUT2D eigenvalue weighted by Gasteiger charge is -2.35. The Labute approximate surface area is 155 Å². The second-order valence-electron chi connectivity index (χ2n) is 7.32. The molecule has 2 heterocycles. The highest BCUT2D eigenvalue weighted by Gasteiger charge is 2.45. The zero-order chi connectivity index (χ0) is 17.9. The van der Waals surface area contributed by atoms with Crippen molar-refractivity contribution in [2.24, 2.45) is 5.92 Å². The molecule has 1 aromatic heterocycles. The lowest BCUT2D eigenvalue weighted by Crippen LogP contribution is -2.43. The van der Waals surface area contributed by atoms with Crippen LogP contribution in [0.15, 0.2) is 36.7 Å². The van der Waals surface area contributed by atoms with Crippen molar-refractivity contribution in [3.05, 3.63) is 48.0 Å². The van der Waals surface area contributed by atoms with Gasteiger partial charge in [0.15, 0.2) is 0 Å². The topological polar surface area (TPSA) is 47.5 Å². The van der Waals surface area contributed by atoms with Crippen molar-refractivity contribution in [1.82, 2.24) is 14.9 Å². The molecule has 138 valence electrons. The molecule has 1 aliphatic heterocycles. The summed E-state index contributed by atoms with van der Waals surface area (Å²) in [7, 11) is 1.68. The van der Waals surface area contributed by atoms with Gasteiger partial charge < -0.3 is 9.47 Å². The Morgan fingerprint density at radius 1 is 1.15 bits per heavy atom. The highest BCUT2D eigenvalue weighted by atomic mass is 16.5. The van der Waals surface area contributed by atoms with E-state index in [0.29, 0.717) is 12.1 Å². The van der Waals surface area contributed by atoms with Gasteiger partial charge in [0.05, 0.1) is 7.11 Å². The van der Waals surface area contributed by atoms with Gasteiger partial charge in [-0.15, -0.1) is 0 Å². The molecule has 5 heteroatoms. The zero-order valence-corrected chi connectivity index (χ0v) is 15.6. The molecule has 1 aliphatic carbocycles. The molecule has 1 saturated heterocycles. The number of likely N-dealkylation sites (tertiary alicyclic amines) is 1. The molecule has 2 fully saturated rings. The number of aryl methyl sites for hydroxylation is 1. The number of benzene rings is 1. The average molecular weight is 353 g/mol. The first-order valence-electron chi connectivity index (χ1n) is 9.59. The molecule has 2 aliphatic rings. The van der Waals surface area contributed by atoms with Crippen LogP contribution in [0.5, 0.6) is 11.5 Å². The SMILES string of the molecule is CCc1ncc(CN2[C@@H]3CC[C@@H](C3)[C@@H]2COc2cccc(OC)c2)cn1. The fraction of sp³-hybridized carbons (Fsp3) is 0.524. The van der Waals surface area contributed by atoms with E-state index in [9.17, 15) is 0 Å². The molecule has 0 amide bonds. The first-order chi connectivity index (χ1) is 12.8. The first-order valence-corrected chi connectivity index (χ1v) is 9.59. The normalized spacial score (nSPS) is 24.8. The number of methoxy groups -OCH3 is 1. The van der Waals surface area contributed by atoms with E-state index in [-0.39, 0.29) is 0 Å². The molecule has 2 bridgehead atoms. The van der Waals surface area contributed by atoms with Crippen LogP contribution in [-0.4, -0.2) is 40.7 Å². The van der Waals surface area contributed by atoms with Gasteiger partial charge in [-0.25, -0.2) is 9.97 Å². The van der Waals surface area contributed by atoms with Gasteiger partial charge in [-0.1, -0.05) is 13.0 Å². The Balaban J connectivity index is 1.43. The number of ether oxygens (including phenoxy) is 2. The Morgan fingerprint density at radius 2 is 1.96 bits per heavy atom. The predicted molar refractivity (Wildman–Crippen MR) is 100 cm³/mol. The Hall–Kier alpha value is -2.14. The smallest absolute Gasteiger partial charge is 0.127 e. The van der Waals surface area contributed by atoms with Gasteiger partial charge in [0, 0.05) is 49.1 Å².